The highest BCUT2D eigenvalue weighted by Crippen LogP contribution is 2.34. The summed E-state index contributed by atoms with van der Waals surface area (Å²) in [7, 11) is 3.60. The second kappa shape index (κ2) is 6.14. The summed E-state index contributed by atoms with van der Waals surface area (Å²) in [5.41, 5.74) is 7.46. The summed E-state index contributed by atoms with van der Waals surface area (Å²) in [6.45, 7) is 6.71. The van der Waals surface area contributed by atoms with Crippen molar-refractivity contribution in [1.29, 1.82) is 0 Å². The molecule has 1 aliphatic heterocycles. The molecule has 0 radical (unpaired) electrons. The Morgan fingerprint density at radius 1 is 1.25 bits per heavy atom. The number of methoxy groups -OCH3 is 1. The fourth-order valence-corrected chi connectivity index (χ4v) is 3.12. The zero-order valence-electron chi connectivity index (χ0n) is 13.2. The van der Waals surface area contributed by atoms with E-state index in [0.717, 1.165) is 24.5 Å². The third kappa shape index (κ3) is 2.83. The van der Waals surface area contributed by atoms with E-state index in [4.69, 9.17) is 10.5 Å². The molecule has 1 saturated heterocycles. The minimum absolute atomic E-state index is 0.106. The molecular formula is C15H28N4O. The fraction of sp³-hybridized carbons (Fsp3) is 0.800. The van der Waals surface area contributed by atoms with Crippen LogP contribution in [0.4, 0.5) is 0 Å². The van der Waals surface area contributed by atoms with Crippen molar-refractivity contribution in [1.82, 2.24) is 14.7 Å². The van der Waals surface area contributed by atoms with Gasteiger partial charge in [-0.3, -0.25) is 9.58 Å². The third-order valence-corrected chi connectivity index (χ3v) is 4.65. The molecule has 2 N–H and O–H groups in total. The summed E-state index contributed by atoms with van der Waals surface area (Å²) in [6, 6.07) is -0.122. The highest BCUT2D eigenvalue weighted by molar-refractivity contribution is 5.30. The van der Waals surface area contributed by atoms with Crippen molar-refractivity contribution in [2.75, 3.05) is 20.2 Å². The molecule has 1 aromatic heterocycles. The van der Waals surface area contributed by atoms with E-state index in [1.54, 1.807) is 13.3 Å². The van der Waals surface area contributed by atoms with Gasteiger partial charge >= 0.3 is 0 Å². The molecule has 5 heteroatoms. The number of nitrogens with zero attached hydrogens (tertiary/aromatic N) is 3. The van der Waals surface area contributed by atoms with Crippen LogP contribution in [-0.2, 0) is 7.05 Å². The van der Waals surface area contributed by atoms with Crippen molar-refractivity contribution in [3.8, 4) is 5.75 Å². The number of aromatic nitrogens is 2. The minimum Gasteiger partial charge on any atom is -0.493 e. The highest BCUT2D eigenvalue weighted by atomic mass is 16.5. The van der Waals surface area contributed by atoms with Crippen LogP contribution in [-0.4, -0.2) is 40.4 Å². The first-order valence-corrected chi connectivity index (χ1v) is 7.55. The summed E-state index contributed by atoms with van der Waals surface area (Å²) in [5.74, 6) is 0.780. The molecule has 5 nitrogen and oxygen atoms in total. The Bertz CT molecular complexity index is 433. The molecule has 1 aromatic rings. The predicted octanol–water partition coefficient (Wildman–Crippen LogP) is 2.08. The fourth-order valence-electron chi connectivity index (χ4n) is 3.12. The van der Waals surface area contributed by atoms with Crippen LogP contribution >= 0.6 is 0 Å². The Balaban J connectivity index is 2.24. The molecule has 114 valence electrons. The van der Waals surface area contributed by atoms with E-state index in [0.29, 0.717) is 0 Å². The lowest BCUT2D eigenvalue weighted by Gasteiger charge is -2.42. The first-order valence-electron chi connectivity index (χ1n) is 7.55. The van der Waals surface area contributed by atoms with Crippen molar-refractivity contribution < 1.29 is 4.74 Å². The maximum atomic E-state index is 6.59. The predicted molar refractivity (Wildman–Crippen MR) is 80.8 cm³/mol. The van der Waals surface area contributed by atoms with Crippen LogP contribution in [0.25, 0.3) is 0 Å². The van der Waals surface area contributed by atoms with Gasteiger partial charge in [-0.1, -0.05) is 12.8 Å². The Kier molecular flexibility index (Phi) is 4.70. The van der Waals surface area contributed by atoms with Gasteiger partial charge in [-0.15, -0.1) is 0 Å². The zero-order chi connectivity index (χ0) is 14.8. The number of hydrogen-bond acceptors (Lipinski definition) is 4. The van der Waals surface area contributed by atoms with Crippen molar-refractivity contribution in [2.45, 2.75) is 51.1 Å². The van der Waals surface area contributed by atoms with E-state index >= 15 is 0 Å². The van der Waals surface area contributed by atoms with Crippen LogP contribution < -0.4 is 10.5 Å². The van der Waals surface area contributed by atoms with Gasteiger partial charge in [0.15, 0.2) is 5.75 Å². The monoisotopic (exact) mass is 280 g/mol. The molecule has 0 amide bonds. The number of aryl methyl sites for hydroxylation is 1. The summed E-state index contributed by atoms with van der Waals surface area (Å²) in [5, 5.41) is 4.28. The summed E-state index contributed by atoms with van der Waals surface area (Å²) in [4.78, 5) is 2.52. The molecule has 2 rings (SSSR count). The lowest BCUT2D eigenvalue weighted by atomic mass is 9.89. The lowest BCUT2D eigenvalue weighted by molar-refractivity contribution is 0.0942. The average Bonchev–Trinajstić information content (AvgIpc) is 2.65. The van der Waals surface area contributed by atoms with E-state index in [9.17, 15) is 0 Å². The summed E-state index contributed by atoms with van der Waals surface area (Å²) < 4.78 is 7.25. The lowest BCUT2D eigenvalue weighted by Crippen LogP contribution is -2.52. The molecule has 1 atom stereocenters. The van der Waals surface area contributed by atoms with Gasteiger partial charge in [0.1, 0.15) is 0 Å². The van der Waals surface area contributed by atoms with Crippen LogP contribution in [0.2, 0.25) is 0 Å². The van der Waals surface area contributed by atoms with Crippen LogP contribution in [0.3, 0.4) is 0 Å². The van der Waals surface area contributed by atoms with Gasteiger partial charge in [0, 0.05) is 12.6 Å². The largest absolute Gasteiger partial charge is 0.493 e. The Morgan fingerprint density at radius 2 is 1.85 bits per heavy atom. The van der Waals surface area contributed by atoms with Gasteiger partial charge in [0.05, 0.1) is 25.0 Å². The molecule has 0 aliphatic carbocycles. The summed E-state index contributed by atoms with van der Waals surface area (Å²) in [6.07, 6.45) is 6.93. The van der Waals surface area contributed by atoms with Crippen molar-refractivity contribution in [2.24, 2.45) is 12.8 Å². The number of hydrogen-bond donors (Lipinski definition) is 1. The standard InChI is InChI=1S/C15H28N4O/c1-15(2,19-9-7-5-6-8-10-19)14(16)13-12(20-4)11-17-18(13)3/h11,14H,5-10,16H2,1-4H3. The molecule has 1 unspecified atom stereocenters. The summed E-state index contributed by atoms with van der Waals surface area (Å²) >= 11 is 0. The molecule has 0 aromatic carbocycles. The van der Waals surface area contributed by atoms with Crippen LogP contribution in [0.15, 0.2) is 6.20 Å². The molecule has 0 spiro atoms. The normalized spacial score (nSPS) is 19.6. The van der Waals surface area contributed by atoms with Crippen molar-refractivity contribution in [3.05, 3.63) is 11.9 Å². The number of rotatable bonds is 4. The minimum atomic E-state index is -0.122. The van der Waals surface area contributed by atoms with E-state index in [1.165, 1.54) is 25.7 Å². The van der Waals surface area contributed by atoms with Gasteiger partial charge in [-0.05, 0) is 39.8 Å². The van der Waals surface area contributed by atoms with E-state index in [-0.39, 0.29) is 11.6 Å². The molecular weight excluding hydrogens is 252 g/mol. The SMILES string of the molecule is COc1cnn(C)c1C(N)C(C)(C)N1CCCCCC1. The van der Waals surface area contributed by atoms with Crippen LogP contribution in [0.1, 0.15) is 51.3 Å². The molecule has 2 heterocycles. The van der Waals surface area contributed by atoms with E-state index < -0.39 is 0 Å². The molecule has 1 aliphatic rings. The van der Waals surface area contributed by atoms with Crippen molar-refractivity contribution in [3.63, 3.8) is 0 Å². The maximum Gasteiger partial charge on any atom is 0.161 e. The zero-order valence-corrected chi connectivity index (χ0v) is 13.2. The second-order valence-electron chi connectivity index (χ2n) is 6.25. The molecule has 0 saturated carbocycles. The smallest absolute Gasteiger partial charge is 0.161 e. The number of likely N-dealkylation sites (tertiary alicyclic amines) is 1. The molecule has 0 bridgehead atoms. The Morgan fingerprint density at radius 3 is 2.40 bits per heavy atom. The van der Waals surface area contributed by atoms with Crippen molar-refractivity contribution >= 4 is 0 Å². The second-order valence-corrected chi connectivity index (χ2v) is 6.25. The van der Waals surface area contributed by atoms with Crippen LogP contribution in [0, 0.1) is 0 Å². The maximum absolute atomic E-state index is 6.59. The van der Waals surface area contributed by atoms with Gasteiger partial charge in [0.2, 0.25) is 0 Å². The topological polar surface area (TPSA) is 56.3 Å². The van der Waals surface area contributed by atoms with Gasteiger partial charge in [-0.25, -0.2) is 0 Å². The van der Waals surface area contributed by atoms with E-state index in [2.05, 4.69) is 23.8 Å². The average molecular weight is 280 g/mol. The first kappa shape index (κ1) is 15.3. The number of ether oxygens (including phenoxy) is 1. The van der Waals surface area contributed by atoms with Gasteiger partial charge in [-0.2, -0.15) is 5.10 Å². The number of nitrogens with two attached hydrogens (primary N) is 1. The van der Waals surface area contributed by atoms with Crippen LogP contribution in [0.5, 0.6) is 5.75 Å². The third-order valence-electron chi connectivity index (χ3n) is 4.65. The molecule has 1 fully saturated rings. The van der Waals surface area contributed by atoms with Gasteiger partial charge in [0.25, 0.3) is 0 Å². The Hall–Kier alpha value is -1.07. The highest BCUT2D eigenvalue weighted by Gasteiger charge is 2.37. The first-order chi connectivity index (χ1) is 9.48. The van der Waals surface area contributed by atoms with E-state index in [1.807, 2.05) is 11.7 Å². The van der Waals surface area contributed by atoms with Gasteiger partial charge < -0.3 is 10.5 Å². The quantitative estimate of drug-likeness (QED) is 0.917. The molecule has 20 heavy (non-hydrogen) atoms. The Labute approximate surface area is 122 Å².